The van der Waals surface area contributed by atoms with Crippen LogP contribution in [0.4, 0.5) is 5.69 Å². The van der Waals surface area contributed by atoms with Crippen LogP contribution in [0.15, 0.2) is 156 Å². The molecule has 4 aromatic carbocycles. The Morgan fingerprint density at radius 3 is 1.10 bits per heavy atom. The normalized spacial score (nSPS) is 13.1. The Kier molecular flexibility index (Phi) is 9.87. The van der Waals surface area contributed by atoms with E-state index in [2.05, 4.69) is 47.3 Å². The summed E-state index contributed by atoms with van der Waals surface area (Å²) in [5, 5.41) is 81.9. The molecule has 0 amide bonds. The lowest BCUT2D eigenvalue weighted by Crippen LogP contribution is -2.02. The Hall–Kier alpha value is -11.3. The van der Waals surface area contributed by atoms with Gasteiger partial charge in [0.2, 0.25) is 0 Å². The first kappa shape index (κ1) is 40.8. The van der Waals surface area contributed by atoms with Crippen molar-refractivity contribution in [1.29, 1.82) is 36.8 Å². The van der Waals surface area contributed by atoms with E-state index < -0.39 is 0 Å². The van der Waals surface area contributed by atoms with Crippen LogP contribution in [0.25, 0.3) is 38.4 Å². The third-order valence-electron chi connectivity index (χ3n) is 11.3. The van der Waals surface area contributed by atoms with Crippen LogP contribution in [0.3, 0.4) is 0 Å². The zero-order valence-corrected chi connectivity index (χ0v) is 35.0. The van der Waals surface area contributed by atoms with Crippen molar-refractivity contribution in [1.82, 2.24) is 29.2 Å². The standard InChI is InChI=1S/C54H22N14/c1-62-42-20-37(30-61)19-41(21-42)50(40-17-35(28-59)12-36(18-40)29-60)52-44-23-45(53-63-47-6-2-4-8-67(47)65-53)51(43(44)22-46(52)54-64-48-7-3-5-9-68(48)66-54)49(38-13-31(24-55)10-32(14-38)25-56)39-15-33(26-57)11-34(16-39)27-58/h2-23H/b52-50-. The molecule has 0 bridgehead atoms. The van der Waals surface area contributed by atoms with Crippen molar-refractivity contribution in [3.05, 3.63) is 240 Å². The SMILES string of the molecule is [C-]#[N+]c1cc(C#N)cc(/C(=C2\C(c3nc4ccccn4n3)=CC3=C2C=C(c2nc4ccccn4n2)C3=C(c2cc(C#N)cc(C#N)c2)c2cc(C#N)cc(C#N)c2)c2cc(C#N)cc(C#N)c2)c1. The third-order valence-corrected chi connectivity index (χ3v) is 11.3. The summed E-state index contributed by atoms with van der Waals surface area (Å²) in [7, 11) is 0. The molecule has 14 nitrogen and oxygen atoms in total. The quantitative estimate of drug-likeness (QED) is 0.143. The Bertz CT molecular complexity index is 3510. The van der Waals surface area contributed by atoms with Gasteiger partial charge in [-0.05, 0) is 154 Å². The molecular formula is C54H22N14. The first-order valence-electron chi connectivity index (χ1n) is 20.4. The van der Waals surface area contributed by atoms with Crippen LogP contribution in [0, 0.1) is 85.9 Å². The molecule has 14 heteroatoms. The molecule has 10 rings (SSSR count). The maximum atomic E-state index is 10.3. The number of nitrogens with zero attached hydrogens (tertiary/aromatic N) is 14. The van der Waals surface area contributed by atoms with Crippen LogP contribution in [0.5, 0.6) is 0 Å². The molecule has 4 aromatic heterocycles. The molecule has 0 unspecified atom stereocenters. The van der Waals surface area contributed by atoms with E-state index in [0.29, 0.717) is 78.1 Å². The first-order chi connectivity index (χ1) is 33.3. The van der Waals surface area contributed by atoms with Crippen LogP contribution in [-0.4, -0.2) is 29.2 Å². The average molecular weight is 867 g/mol. The Morgan fingerprint density at radius 2 is 0.779 bits per heavy atom. The molecule has 0 saturated carbocycles. The Balaban J connectivity index is 1.44. The summed E-state index contributed by atoms with van der Waals surface area (Å²) in [6.45, 7) is 8.03. The summed E-state index contributed by atoms with van der Waals surface area (Å²) < 4.78 is 3.23. The topological polar surface area (TPSA) is 231 Å². The lowest BCUT2D eigenvalue weighted by molar-refractivity contribution is 0.949. The van der Waals surface area contributed by atoms with Crippen molar-refractivity contribution in [2.24, 2.45) is 0 Å². The number of hydrogen-bond acceptors (Lipinski definition) is 11. The number of hydrogen-bond donors (Lipinski definition) is 0. The predicted octanol–water partition coefficient (Wildman–Crippen LogP) is 9.22. The number of allylic oxidation sites excluding steroid dienone is 8. The third kappa shape index (κ3) is 6.96. The number of fused-ring (bicyclic) bond motifs is 2. The molecule has 0 radical (unpaired) electrons. The molecule has 2 aliphatic carbocycles. The van der Waals surface area contributed by atoms with Gasteiger partial charge in [0, 0.05) is 40.2 Å². The van der Waals surface area contributed by atoms with Gasteiger partial charge in [0.05, 0.1) is 82.4 Å². The van der Waals surface area contributed by atoms with Crippen molar-refractivity contribution in [2.45, 2.75) is 0 Å². The summed E-state index contributed by atoms with van der Waals surface area (Å²) in [5.74, 6) is 0.545. The van der Waals surface area contributed by atoms with Gasteiger partial charge < -0.3 is 0 Å². The minimum atomic E-state index is 0.161. The van der Waals surface area contributed by atoms with Gasteiger partial charge in [-0.2, -0.15) is 36.8 Å². The number of rotatable bonds is 6. The van der Waals surface area contributed by atoms with E-state index in [4.69, 9.17) is 26.7 Å². The highest BCUT2D eigenvalue weighted by Crippen LogP contribution is 2.55. The van der Waals surface area contributed by atoms with E-state index in [1.54, 1.807) is 82.1 Å². The largest absolute Gasteiger partial charge is 0.238 e. The molecule has 0 atom stereocenters. The lowest BCUT2D eigenvalue weighted by Gasteiger charge is -2.18. The van der Waals surface area contributed by atoms with Gasteiger partial charge in [-0.1, -0.05) is 12.1 Å². The molecule has 8 aromatic rings. The van der Waals surface area contributed by atoms with E-state index in [-0.39, 0.29) is 56.3 Å². The summed E-state index contributed by atoms with van der Waals surface area (Å²) >= 11 is 0. The molecule has 0 spiro atoms. The number of aromatic nitrogens is 6. The smallest absolute Gasteiger partial charge is 0.189 e. The van der Waals surface area contributed by atoms with Crippen LogP contribution < -0.4 is 0 Å². The van der Waals surface area contributed by atoms with Crippen molar-refractivity contribution >= 4 is 39.3 Å². The van der Waals surface area contributed by atoms with Gasteiger partial charge in [-0.15, -0.1) is 10.2 Å². The molecule has 308 valence electrons. The van der Waals surface area contributed by atoms with Crippen molar-refractivity contribution < 1.29 is 0 Å². The molecule has 2 aliphatic rings. The highest BCUT2D eigenvalue weighted by atomic mass is 15.3. The lowest BCUT2D eigenvalue weighted by atomic mass is 9.85. The van der Waals surface area contributed by atoms with Gasteiger partial charge in [0.25, 0.3) is 0 Å². The zero-order chi connectivity index (χ0) is 47.1. The fourth-order valence-electron chi connectivity index (χ4n) is 8.57. The second-order valence-corrected chi connectivity index (χ2v) is 15.4. The summed E-state index contributed by atoms with van der Waals surface area (Å²) in [6.07, 6.45) is 7.27. The average Bonchev–Trinajstić information content (AvgIpc) is 4.18. The van der Waals surface area contributed by atoms with E-state index in [9.17, 15) is 36.8 Å². The van der Waals surface area contributed by atoms with Crippen LogP contribution in [-0.2, 0) is 0 Å². The van der Waals surface area contributed by atoms with Gasteiger partial charge in [0.15, 0.2) is 28.6 Å². The predicted molar refractivity (Wildman–Crippen MR) is 246 cm³/mol. The van der Waals surface area contributed by atoms with Crippen molar-refractivity contribution in [2.75, 3.05) is 0 Å². The summed E-state index contributed by atoms with van der Waals surface area (Å²) in [6, 6.07) is 44.9. The van der Waals surface area contributed by atoms with Crippen LogP contribution >= 0.6 is 0 Å². The van der Waals surface area contributed by atoms with E-state index in [1.165, 1.54) is 24.3 Å². The van der Waals surface area contributed by atoms with E-state index in [0.717, 1.165) is 0 Å². The van der Waals surface area contributed by atoms with Crippen LogP contribution in [0.2, 0.25) is 0 Å². The van der Waals surface area contributed by atoms with Crippen molar-refractivity contribution in [3.63, 3.8) is 0 Å². The van der Waals surface area contributed by atoms with Gasteiger partial charge in [-0.3, -0.25) is 0 Å². The maximum absolute atomic E-state index is 10.3. The first-order valence-corrected chi connectivity index (χ1v) is 20.4. The summed E-state index contributed by atoms with van der Waals surface area (Å²) in [4.78, 5) is 13.6. The molecule has 0 saturated heterocycles. The van der Waals surface area contributed by atoms with Gasteiger partial charge >= 0.3 is 0 Å². The van der Waals surface area contributed by atoms with E-state index >= 15 is 0 Å². The Morgan fingerprint density at radius 1 is 0.441 bits per heavy atom. The second kappa shape index (κ2) is 16.5. The molecule has 0 aliphatic heterocycles. The Labute approximate surface area is 386 Å². The highest BCUT2D eigenvalue weighted by molar-refractivity contribution is 6.12. The molecule has 4 heterocycles. The molecule has 0 fully saturated rings. The molecular weight excluding hydrogens is 845 g/mol. The maximum Gasteiger partial charge on any atom is 0.189 e. The molecule has 68 heavy (non-hydrogen) atoms. The van der Waals surface area contributed by atoms with Crippen molar-refractivity contribution in [3.8, 4) is 42.5 Å². The van der Waals surface area contributed by atoms with E-state index in [1.807, 2.05) is 36.4 Å². The van der Waals surface area contributed by atoms with Crippen LogP contribution in [0.1, 0.15) is 72.8 Å². The summed E-state index contributed by atoms with van der Waals surface area (Å²) in [5.41, 5.74) is 7.95. The zero-order valence-electron chi connectivity index (χ0n) is 35.0. The van der Waals surface area contributed by atoms with Gasteiger partial charge in [-0.25, -0.2) is 23.8 Å². The minimum absolute atomic E-state index is 0.161. The fraction of sp³-hybridized carbons (Fsp3) is 0. The monoisotopic (exact) mass is 866 g/mol. The number of benzene rings is 4. The van der Waals surface area contributed by atoms with Gasteiger partial charge in [0.1, 0.15) is 0 Å². The number of nitriles is 7. The molecule has 0 N–H and O–H groups in total. The fourth-order valence-corrected chi connectivity index (χ4v) is 8.57. The number of pyridine rings is 2. The minimum Gasteiger partial charge on any atom is -0.238 e. The second-order valence-electron chi connectivity index (χ2n) is 15.4. The highest BCUT2D eigenvalue weighted by Gasteiger charge is 2.38.